The van der Waals surface area contributed by atoms with Crippen LogP contribution in [-0.2, 0) is 20.9 Å². The van der Waals surface area contributed by atoms with Gasteiger partial charge in [-0.3, -0.25) is 28.7 Å². The SMILES string of the molecule is COc1ccc(N2C(=O)C3Sc4c(sc(=O)n4CC(=O)Nc4ccc(F)cc4)C(c4cccnc4)C3C2=O)cc1. The van der Waals surface area contributed by atoms with Crippen molar-refractivity contribution in [3.05, 3.63) is 99.0 Å². The van der Waals surface area contributed by atoms with Crippen LogP contribution >= 0.6 is 23.1 Å². The molecule has 2 aliphatic rings. The molecule has 0 spiro atoms. The summed E-state index contributed by atoms with van der Waals surface area (Å²) < 4.78 is 19.8. The van der Waals surface area contributed by atoms with Gasteiger partial charge in [-0.05, 0) is 60.2 Å². The van der Waals surface area contributed by atoms with Crippen LogP contribution in [0.15, 0.2) is 82.9 Å². The minimum atomic E-state index is -0.812. The molecule has 2 aromatic carbocycles. The molecule has 202 valence electrons. The minimum Gasteiger partial charge on any atom is -0.497 e. The quantitative estimate of drug-likeness (QED) is 0.347. The third-order valence-electron chi connectivity index (χ3n) is 6.85. The molecule has 1 saturated heterocycles. The lowest BCUT2D eigenvalue weighted by molar-refractivity contribution is -0.122. The molecule has 12 heteroatoms. The van der Waals surface area contributed by atoms with Crippen molar-refractivity contribution >= 4 is 52.2 Å². The summed E-state index contributed by atoms with van der Waals surface area (Å²) in [6.07, 6.45) is 3.24. The number of nitrogens with zero attached hydrogens (tertiary/aromatic N) is 3. The van der Waals surface area contributed by atoms with E-state index in [9.17, 15) is 23.6 Å². The molecule has 0 bridgehead atoms. The Morgan fingerprint density at radius 3 is 2.48 bits per heavy atom. The number of imide groups is 1. The topological polar surface area (TPSA) is 111 Å². The highest BCUT2D eigenvalue weighted by molar-refractivity contribution is 8.00. The number of amides is 3. The Kier molecular flexibility index (Phi) is 6.72. The van der Waals surface area contributed by atoms with Gasteiger partial charge in [0.15, 0.2) is 0 Å². The van der Waals surface area contributed by atoms with Gasteiger partial charge in [0.2, 0.25) is 17.7 Å². The molecule has 4 aromatic rings. The summed E-state index contributed by atoms with van der Waals surface area (Å²) >= 11 is 2.08. The van der Waals surface area contributed by atoms with Crippen LogP contribution in [0.1, 0.15) is 16.4 Å². The Morgan fingerprint density at radius 1 is 1.05 bits per heavy atom. The first-order valence-electron chi connectivity index (χ1n) is 12.2. The van der Waals surface area contributed by atoms with Crippen molar-refractivity contribution in [3.63, 3.8) is 0 Å². The van der Waals surface area contributed by atoms with E-state index in [4.69, 9.17) is 4.74 Å². The number of fused-ring (bicyclic) bond motifs is 2. The third-order valence-corrected chi connectivity index (χ3v) is 9.46. The van der Waals surface area contributed by atoms with Gasteiger partial charge in [-0.2, -0.15) is 0 Å². The van der Waals surface area contributed by atoms with E-state index in [1.165, 1.54) is 40.8 Å². The molecule has 0 aliphatic carbocycles. The van der Waals surface area contributed by atoms with Gasteiger partial charge in [0.1, 0.15) is 23.4 Å². The van der Waals surface area contributed by atoms with Crippen molar-refractivity contribution in [1.29, 1.82) is 0 Å². The van der Waals surface area contributed by atoms with E-state index in [1.54, 1.807) is 42.7 Å². The molecule has 6 rings (SSSR count). The Hall–Kier alpha value is -4.29. The fourth-order valence-electron chi connectivity index (χ4n) is 5.04. The maximum atomic E-state index is 13.9. The van der Waals surface area contributed by atoms with E-state index in [2.05, 4.69) is 10.3 Å². The summed E-state index contributed by atoms with van der Waals surface area (Å²) in [5, 5.41) is 2.32. The smallest absolute Gasteiger partial charge is 0.308 e. The maximum Gasteiger partial charge on any atom is 0.308 e. The average Bonchev–Trinajstić information content (AvgIpc) is 3.41. The van der Waals surface area contributed by atoms with Crippen LogP contribution in [0.4, 0.5) is 15.8 Å². The second-order valence-electron chi connectivity index (χ2n) is 9.22. The van der Waals surface area contributed by atoms with E-state index in [1.807, 2.05) is 6.07 Å². The molecular formula is C28H21FN4O5S2. The van der Waals surface area contributed by atoms with Crippen LogP contribution in [-0.4, -0.2) is 39.6 Å². The predicted molar refractivity (Wildman–Crippen MR) is 148 cm³/mol. The molecule has 3 atom stereocenters. The van der Waals surface area contributed by atoms with Gasteiger partial charge in [-0.25, -0.2) is 9.29 Å². The van der Waals surface area contributed by atoms with Crippen molar-refractivity contribution in [2.24, 2.45) is 5.92 Å². The third kappa shape index (κ3) is 4.48. The van der Waals surface area contributed by atoms with Crippen LogP contribution < -0.4 is 19.8 Å². The van der Waals surface area contributed by atoms with Crippen molar-refractivity contribution in [3.8, 4) is 5.75 Å². The van der Waals surface area contributed by atoms with Gasteiger partial charge in [0, 0.05) is 28.9 Å². The Bertz CT molecular complexity index is 1670. The molecular weight excluding hydrogens is 555 g/mol. The van der Waals surface area contributed by atoms with E-state index >= 15 is 0 Å². The first-order chi connectivity index (χ1) is 19.4. The van der Waals surface area contributed by atoms with Gasteiger partial charge in [-0.15, -0.1) is 0 Å². The number of carbonyl (C=O) groups excluding carboxylic acids is 3. The minimum absolute atomic E-state index is 0.309. The number of anilines is 2. The highest BCUT2D eigenvalue weighted by atomic mass is 32.2. The van der Waals surface area contributed by atoms with Gasteiger partial charge in [-0.1, -0.05) is 29.2 Å². The molecule has 2 aliphatic heterocycles. The number of aromatic nitrogens is 2. The number of hydrogen-bond donors (Lipinski definition) is 1. The second-order valence-corrected chi connectivity index (χ2v) is 11.3. The molecule has 1 N–H and O–H groups in total. The van der Waals surface area contributed by atoms with Gasteiger partial charge >= 0.3 is 4.87 Å². The lowest BCUT2D eigenvalue weighted by Crippen LogP contribution is -2.33. The number of nitrogens with one attached hydrogen (secondary N) is 1. The lowest BCUT2D eigenvalue weighted by atomic mass is 9.84. The summed E-state index contributed by atoms with van der Waals surface area (Å²) in [5.74, 6) is -2.46. The van der Waals surface area contributed by atoms with Gasteiger partial charge in [0.25, 0.3) is 0 Å². The first-order valence-corrected chi connectivity index (χ1v) is 13.9. The van der Waals surface area contributed by atoms with Crippen LogP contribution in [0.25, 0.3) is 0 Å². The molecule has 40 heavy (non-hydrogen) atoms. The van der Waals surface area contributed by atoms with Crippen LogP contribution in [0, 0.1) is 11.7 Å². The summed E-state index contributed by atoms with van der Waals surface area (Å²) in [7, 11) is 1.53. The number of ether oxygens (including phenoxy) is 1. The van der Waals surface area contributed by atoms with Crippen LogP contribution in [0.5, 0.6) is 5.75 Å². The lowest BCUT2D eigenvalue weighted by Gasteiger charge is -2.30. The molecule has 2 aromatic heterocycles. The van der Waals surface area contributed by atoms with E-state index < -0.39 is 34.7 Å². The van der Waals surface area contributed by atoms with E-state index in [-0.39, 0.29) is 17.3 Å². The average molecular weight is 577 g/mol. The largest absolute Gasteiger partial charge is 0.497 e. The zero-order chi connectivity index (χ0) is 28.0. The normalized spacial score (nSPS) is 19.8. The Morgan fingerprint density at radius 2 is 1.80 bits per heavy atom. The Labute approximate surface area is 235 Å². The highest BCUT2D eigenvalue weighted by Crippen LogP contribution is 2.53. The number of rotatable bonds is 6. The zero-order valence-electron chi connectivity index (χ0n) is 20.9. The van der Waals surface area contributed by atoms with E-state index in [0.717, 1.165) is 23.1 Å². The summed E-state index contributed by atoms with van der Waals surface area (Å²) in [4.78, 5) is 59.3. The number of thiazole rings is 1. The van der Waals surface area contributed by atoms with Crippen LogP contribution in [0.3, 0.4) is 0 Å². The maximum absolute atomic E-state index is 13.9. The number of methoxy groups -OCH3 is 1. The molecule has 1 fully saturated rings. The second kappa shape index (κ2) is 10.4. The van der Waals surface area contributed by atoms with Crippen molar-refractivity contribution in [1.82, 2.24) is 9.55 Å². The fraction of sp³-hybridized carbons (Fsp3) is 0.179. The monoisotopic (exact) mass is 576 g/mol. The van der Waals surface area contributed by atoms with Crippen LogP contribution in [0.2, 0.25) is 0 Å². The molecule has 4 heterocycles. The van der Waals surface area contributed by atoms with Gasteiger partial charge in [0.05, 0.1) is 23.7 Å². The number of halogens is 1. The number of thioether (sulfide) groups is 1. The number of hydrogen-bond acceptors (Lipinski definition) is 8. The predicted octanol–water partition coefficient (Wildman–Crippen LogP) is 3.89. The summed E-state index contributed by atoms with van der Waals surface area (Å²) in [6, 6.07) is 15.5. The van der Waals surface area contributed by atoms with Crippen molar-refractivity contribution in [2.75, 3.05) is 17.3 Å². The Balaban J connectivity index is 1.38. The van der Waals surface area contributed by atoms with Gasteiger partial charge < -0.3 is 10.1 Å². The fourth-order valence-corrected chi connectivity index (χ4v) is 7.81. The molecule has 3 amide bonds. The van der Waals surface area contributed by atoms with Crippen molar-refractivity contribution in [2.45, 2.75) is 22.7 Å². The first kappa shape index (κ1) is 26.0. The standard InChI is InChI=1S/C28H21FN4O5S2/c1-38-19-10-8-18(9-11-19)33-25(35)22-21(15-3-2-12-30-13-15)24-27(39-23(22)26(33)36)32(28(37)40-24)14-20(34)31-17-6-4-16(29)5-7-17/h2-13,21-23H,14H2,1H3,(H,31,34). The highest BCUT2D eigenvalue weighted by Gasteiger charge is 2.56. The summed E-state index contributed by atoms with van der Waals surface area (Å²) in [5.41, 5.74) is 1.51. The molecule has 9 nitrogen and oxygen atoms in total. The molecule has 3 unspecified atom stereocenters. The van der Waals surface area contributed by atoms with Crippen molar-refractivity contribution < 1.29 is 23.5 Å². The zero-order valence-corrected chi connectivity index (χ0v) is 22.6. The molecule has 0 radical (unpaired) electrons. The summed E-state index contributed by atoms with van der Waals surface area (Å²) in [6.45, 7) is -0.309. The number of benzene rings is 2. The number of carbonyl (C=O) groups is 3. The molecule has 0 saturated carbocycles. The van der Waals surface area contributed by atoms with E-state index in [0.29, 0.717) is 32.6 Å². The number of pyridine rings is 1.